The Morgan fingerprint density at radius 1 is 1.67 bits per heavy atom. The Morgan fingerprint density at radius 3 is 3.06 bits per heavy atom. The van der Waals surface area contributed by atoms with Crippen LogP contribution in [-0.4, -0.2) is 20.4 Å². The van der Waals surface area contributed by atoms with E-state index >= 15 is 0 Å². The van der Waals surface area contributed by atoms with Crippen LogP contribution in [0, 0.1) is 0 Å². The molecule has 2 aromatic rings. The van der Waals surface area contributed by atoms with Gasteiger partial charge in [-0.3, -0.25) is 4.79 Å². The summed E-state index contributed by atoms with van der Waals surface area (Å²) in [6.45, 7) is 4.54. The van der Waals surface area contributed by atoms with Gasteiger partial charge < -0.3 is 20.6 Å². The van der Waals surface area contributed by atoms with Crippen molar-refractivity contribution in [1.29, 1.82) is 0 Å². The summed E-state index contributed by atoms with van der Waals surface area (Å²) in [6.07, 6.45) is 5.14. The van der Waals surface area contributed by atoms with Gasteiger partial charge in [0.05, 0.1) is 11.7 Å². The average Bonchev–Trinajstić information content (AvgIpc) is 2.96. The lowest BCUT2D eigenvalue weighted by Crippen LogP contribution is -2.29. The maximum absolute atomic E-state index is 12.1. The van der Waals surface area contributed by atoms with E-state index in [2.05, 4.69) is 15.3 Å². The molecule has 0 saturated carbocycles. The Hall–Kier alpha value is -2.24. The summed E-state index contributed by atoms with van der Waals surface area (Å²) in [6, 6.07) is 1.50. The number of aromatic nitrogens is 3. The van der Waals surface area contributed by atoms with E-state index in [-0.39, 0.29) is 11.9 Å². The number of nitrogen functional groups attached to an aromatic ring is 1. The Bertz CT molecular complexity index is 529. The number of nitrogens with two attached hydrogens (primary N) is 1. The van der Waals surface area contributed by atoms with Gasteiger partial charge in [-0.1, -0.05) is 0 Å². The number of nitrogens with zero attached hydrogens (tertiary/aromatic N) is 2. The van der Waals surface area contributed by atoms with Gasteiger partial charge in [0.25, 0.3) is 5.91 Å². The molecule has 2 aromatic heterocycles. The first-order valence-corrected chi connectivity index (χ1v) is 5.87. The number of rotatable bonds is 4. The van der Waals surface area contributed by atoms with Crippen LogP contribution in [-0.2, 0) is 6.54 Å². The number of hydrogen-bond donors (Lipinski definition) is 3. The number of carbonyl (C=O) groups is 1. The van der Waals surface area contributed by atoms with Gasteiger partial charge in [-0.15, -0.1) is 0 Å². The van der Waals surface area contributed by atoms with E-state index in [1.165, 1.54) is 0 Å². The van der Waals surface area contributed by atoms with Gasteiger partial charge >= 0.3 is 0 Å². The second-order valence-corrected chi connectivity index (χ2v) is 4.11. The predicted molar refractivity (Wildman–Crippen MR) is 69.0 cm³/mol. The molecule has 0 fully saturated rings. The van der Waals surface area contributed by atoms with Gasteiger partial charge in [0.15, 0.2) is 0 Å². The highest BCUT2D eigenvalue weighted by molar-refractivity contribution is 5.94. The summed E-state index contributed by atoms with van der Waals surface area (Å²) in [5.41, 5.74) is 6.85. The number of carbonyl (C=O) groups excluding carboxylic acids is 1. The summed E-state index contributed by atoms with van der Waals surface area (Å²) >= 11 is 0. The highest BCUT2D eigenvalue weighted by Gasteiger charge is 2.16. The van der Waals surface area contributed by atoms with Gasteiger partial charge in [-0.25, -0.2) is 4.98 Å². The van der Waals surface area contributed by atoms with Crippen LogP contribution >= 0.6 is 0 Å². The van der Waals surface area contributed by atoms with Crippen LogP contribution in [0.5, 0.6) is 0 Å². The highest BCUT2D eigenvalue weighted by atomic mass is 16.2. The first-order valence-electron chi connectivity index (χ1n) is 5.87. The molecule has 1 unspecified atom stereocenters. The van der Waals surface area contributed by atoms with E-state index in [9.17, 15) is 4.79 Å². The summed E-state index contributed by atoms with van der Waals surface area (Å²) in [5.74, 6) is 0.573. The molecule has 2 rings (SSSR count). The molecule has 0 aliphatic rings. The SMILES string of the molecule is CCn1cc(N)cc1C(=O)NC(C)c1ncc[nH]1. The van der Waals surface area contributed by atoms with Crippen molar-refractivity contribution in [3.8, 4) is 0 Å². The molecule has 4 N–H and O–H groups in total. The molecular weight excluding hydrogens is 230 g/mol. The van der Waals surface area contributed by atoms with Crippen molar-refractivity contribution < 1.29 is 4.79 Å². The molecule has 0 aromatic carbocycles. The summed E-state index contributed by atoms with van der Waals surface area (Å²) in [5, 5.41) is 2.88. The molecule has 2 heterocycles. The van der Waals surface area contributed by atoms with E-state index < -0.39 is 0 Å². The molecule has 1 atom stereocenters. The molecule has 18 heavy (non-hydrogen) atoms. The number of hydrogen-bond acceptors (Lipinski definition) is 3. The standard InChI is InChI=1S/C12H17N5O/c1-3-17-7-9(13)6-10(17)12(18)16-8(2)11-14-4-5-15-11/h4-8H,3,13H2,1-2H3,(H,14,15)(H,16,18). The minimum absolute atomic E-state index is 0.155. The molecule has 6 nitrogen and oxygen atoms in total. The van der Waals surface area contributed by atoms with Crippen LogP contribution in [0.15, 0.2) is 24.7 Å². The zero-order valence-corrected chi connectivity index (χ0v) is 10.5. The predicted octanol–water partition coefficient (Wildman–Crippen LogP) is 1.30. The summed E-state index contributed by atoms with van der Waals surface area (Å²) in [4.78, 5) is 19.2. The summed E-state index contributed by atoms with van der Waals surface area (Å²) in [7, 11) is 0. The molecule has 1 amide bonds. The number of imidazole rings is 1. The Labute approximate surface area is 105 Å². The molecule has 96 valence electrons. The molecule has 0 spiro atoms. The van der Waals surface area contributed by atoms with E-state index in [4.69, 9.17) is 5.73 Å². The quantitative estimate of drug-likeness (QED) is 0.761. The smallest absolute Gasteiger partial charge is 0.268 e. The Kier molecular flexibility index (Phi) is 3.36. The van der Waals surface area contributed by atoms with E-state index in [1.807, 2.05) is 18.4 Å². The fourth-order valence-corrected chi connectivity index (χ4v) is 1.84. The van der Waals surface area contributed by atoms with Crippen molar-refractivity contribution >= 4 is 11.6 Å². The number of amides is 1. The van der Waals surface area contributed by atoms with Crippen LogP contribution in [0.3, 0.4) is 0 Å². The first-order chi connectivity index (χ1) is 8.61. The normalized spacial score (nSPS) is 12.3. The molecular formula is C12H17N5O. The number of H-pyrrole nitrogens is 1. The van der Waals surface area contributed by atoms with Crippen molar-refractivity contribution in [3.63, 3.8) is 0 Å². The second-order valence-electron chi connectivity index (χ2n) is 4.11. The number of aryl methyl sites for hydroxylation is 1. The van der Waals surface area contributed by atoms with Crippen molar-refractivity contribution in [3.05, 3.63) is 36.2 Å². The lowest BCUT2D eigenvalue weighted by Gasteiger charge is -2.12. The largest absolute Gasteiger partial charge is 0.397 e. The van der Waals surface area contributed by atoms with Gasteiger partial charge in [0, 0.05) is 25.1 Å². The average molecular weight is 247 g/mol. The first kappa shape index (κ1) is 12.2. The molecule has 0 saturated heterocycles. The van der Waals surface area contributed by atoms with Gasteiger partial charge in [-0.2, -0.15) is 0 Å². The van der Waals surface area contributed by atoms with Crippen LogP contribution in [0.1, 0.15) is 36.2 Å². The third-order valence-electron chi connectivity index (χ3n) is 2.77. The number of anilines is 1. The van der Waals surface area contributed by atoms with Crippen LogP contribution in [0.4, 0.5) is 5.69 Å². The van der Waals surface area contributed by atoms with E-state index in [0.717, 1.165) is 5.82 Å². The van der Waals surface area contributed by atoms with Crippen LogP contribution in [0.25, 0.3) is 0 Å². The number of aromatic amines is 1. The molecule has 0 radical (unpaired) electrons. The fourth-order valence-electron chi connectivity index (χ4n) is 1.84. The third-order valence-corrected chi connectivity index (χ3v) is 2.77. The Balaban J connectivity index is 2.12. The summed E-state index contributed by atoms with van der Waals surface area (Å²) < 4.78 is 1.82. The van der Waals surface area contributed by atoms with Crippen molar-refractivity contribution in [1.82, 2.24) is 19.9 Å². The topological polar surface area (TPSA) is 88.7 Å². The van der Waals surface area contributed by atoms with Crippen molar-refractivity contribution in [2.75, 3.05) is 5.73 Å². The van der Waals surface area contributed by atoms with Crippen molar-refractivity contribution in [2.24, 2.45) is 0 Å². The minimum Gasteiger partial charge on any atom is -0.397 e. The maximum atomic E-state index is 12.1. The van der Waals surface area contributed by atoms with Crippen LogP contribution < -0.4 is 11.1 Å². The fraction of sp³-hybridized carbons (Fsp3) is 0.333. The lowest BCUT2D eigenvalue weighted by atomic mass is 10.3. The minimum atomic E-state index is -0.172. The van der Waals surface area contributed by atoms with Gasteiger partial charge in [-0.05, 0) is 19.9 Å². The van der Waals surface area contributed by atoms with E-state index in [1.54, 1.807) is 24.7 Å². The lowest BCUT2D eigenvalue weighted by molar-refractivity contribution is 0.0929. The number of nitrogens with one attached hydrogen (secondary N) is 2. The van der Waals surface area contributed by atoms with Gasteiger partial charge in [0.1, 0.15) is 11.5 Å². The van der Waals surface area contributed by atoms with Crippen LogP contribution in [0.2, 0.25) is 0 Å². The zero-order chi connectivity index (χ0) is 13.1. The molecule has 0 aliphatic carbocycles. The van der Waals surface area contributed by atoms with E-state index in [0.29, 0.717) is 17.9 Å². The zero-order valence-electron chi connectivity index (χ0n) is 10.5. The molecule has 0 aliphatic heterocycles. The van der Waals surface area contributed by atoms with Crippen molar-refractivity contribution in [2.45, 2.75) is 26.4 Å². The Morgan fingerprint density at radius 2 is 2.44 bits per heavy atom. The molecule has 0 bridgehead atoms. The third kappa shape index (κ3) is 2.37. The van der Waals surface area contributed by atoms with Gasteiger partial charge in [0.2, 0.25) is 0 Å². The monoisotopic (exact) mass is 247 g/mol. The second kappa shape index (κ2) is 4.95. The highest BCUT2D eigenvalue weighted by Crippen LogP contribution is 2.12. The maximum Gasteiger partial charge on any atom is 0.268 e. The molecule has 6 heteroatoms.